The van der Waals surface area contributed by atoms with Crippen LogP contribution in [0.15, 0.2) is 52.5 Å². The molecular formula is C16H20ClN5O3S2. The zero-order valence-electron chi connectivity index (χ0n) is 14.5. The molecule has 0 aliphatic carbocycles. The summed E-state index contributed by atoms with van der Waals surface area (Å²) in [6.07, 6.45) is 6.60. The van der Waals surface area contributed by atoms with Crippen LogP contribution in [0.4, 0.5) is 0 Å². The summed E-state index contributed by atoms with van der Waals surface area (Å²) in [6.45, 7) is 1.20. The number of aromatic nitrogens is 2. The Labute approximate surface area is 170 Å². The van der Waals surface area contributed by atoms with Crippen LogP contribution in [0.1, 0.15) is 12.1 Å². The van der Waals surface area contributed by atoms with Gasteiger partial charge in [0.25, 0.3) is 11.4 Å². The fraction of sp³-hybridized carbons (Fsp3) is 0.375. The number of rotatable bonds is 13. The smallest absolute Gasteiger partial charge is 0.274 e. The van der Waals surface area contributed by atoms with Gasteiger partial charge in [-0.15, -0.1) is 0 Å². The predicted octanol–water partition coefficient (Wildman–Crippen LogP) is 3.39. The summed E-state index contributed by atoms with van der Waals surface area (Å²) in [5, 5.41) is 18.1. The molecule has 2 aromatic rings. The standard InChI is InChI=1S/C16H20ClN5O3S2/c17-13-3-1-4-18-14(13)12-26-10-7-20-15(11-22(23)24)19-5-2-9-27-16-21-6-8-25-16/h1,3-4,6,8,11,19-20H,2,5,7,9-10,12H2/b15-11+. The van der Waals surface area contributed by atoms with E-state index in [1.807, 2.05) is 6.07 Å². The monoisotopic (exact) mass is 429 g/mol. The first-order valence-corrected chi connectivity index (χ1v) is 10.7. The molecule has 0 aliphatic heterocycles. The van der Waals surface area contributed by atoms with Crippen molar-refractivity contribution < 1.29 is 9.34 Å². The molecule has 0 atom stereocenters. The SMILES string of the molecule is O=[N+]([O-])/C=C(\NCCCSc1ncco1)NCCSCc1ncccc1Cl. The van der Waals surface area contributed by atoms with Gasteiger partial charge in [0.05, 0.1) is 21.8 Å². The fourth-order valence-corrected chi connectivity index (χ4v) is 3.75. The van der Waals surface area contributed by atoms with Crippen LogP contribution in [0, 0.1) is 10.1 Å². The minimum atomic E-state index is -0.475. The third kappa shape index (κ3) is 9.03. The lowest BCUT2D eigenvalue weighted by atomic mass is 10.4. The summed E-state index contributed by atoms with van der Waals surface area (Å²) >= 11 is 9.22. The topological polar surface area (TPSA) is 106 Å². The van der Waals surface area contributed by atoms with E-state index in [1.54, 1.807) is 30.2 Å². The van der Waals surface area contributed by atoms with Gasteiger partial charge >= 0.3 is 0 Å². The lowest BCUT2D eigenvalue weighted by molar-refractivity contribution is -0.404. The van der Waals surface area contributed by atoms with E-state index >= 15 is 0 Å². The maximum absolute atomic E-state index is 10.8. The molecule has 0 aromatic carbocycles. The highest BCUT2D eigenvalue weighted by Crippen LogP contribution is 2.18. The van der Waals surface area contributed by atoms with E-state index in [1.165, 1.54) is 18.0 Å². The molecule has 27 heavy (non-hydrogen) atoms. The molecular weight excluding hydrogens is 410 g/mol. The van der Waals surface area contributed by atoms with Crippen LogP contribution in [-0.4, -0.2) is 39.5 Å². The second kappa shape index (κ2) is 12.5. The molecule has 8 nitrogen and oxygen atoms in total. The average molecular weight is 430 g/mol. The third-order valence-corrected chi connectivity index (χ3v) is 5.40. The Balaban J connectivity index is 1.62. The van der Waals surface area contributed by atoms with Crippen molar-refractivity contribution in [3.63, 3.8) is 0 Å². The molecule has 2 rings (SSSR count). The molecule has 0 saturated carbocycles. The second-order valence-corrected chi connectivity index (χ2v) is 7.72. The first kappa shape index (κ1) is 21.4. The largest absolute Gasteiger partial charge is 0.440 e. The Kier molecular flexibility index (Phi) is 9.88. The summed E-state index contributed by atoms with van der Waals surface area (Å²) in [5.41, 5.74) is 0.840. The van der Waals surface area contributed by atoms with Crippen LogP contribution < -0.4 is 10.6 Å². The minimum Gasteiger partial charge on any atom is -0.440 e. The first-order valence-electron chi connectivity index (χ1n) is 8.17. The van der Waals surface area contributed by atoms with Crippen LogP contribution in [0.25, 0.3) is 0 Å². The van der Waals surface area contributed by atoms with E-state index in [9.17, 15) is 10.1 Å². The molecule has 0 bridgehead atoms. The second-order valence-electron chi connectivity index (χ2n) is 5.17. The summed E-state index contributed by atoms with van der Waals surface area (Å²) in [7, 11) is 0. The van der Waals surface area contributed by atoms with Crippen molar-refractivity contribution in [3.05, 3.63) is 63.6 Å². The number of hydrogen-bond donors (Lipinski definition) is 2. The maximum atomic E-state index is 10.8. The van der Waals surface area contributed by atoms with Crippen molar-refractivity contribution in [1.29, 1.82) is 0 Å². The van der Waals surface area contributed by atoms with Gasteiger partial charge < -0.3 is 15.1 Å². The summed E-state index contributed by atoms with van der Waals surface area (Å²) in [6, 6.07) is 3.60. The van der Waals surface area contributed by atoms with E-state index < -0.39 is 4.92 Å². The summed E-state index contributed by atoms with van der Waals surface area (Å²) < 4.78 is 5.13. The fourth-order valence-electron chi connectivity index (χ4n) is 1.95. The lowest BCUT2D eigenvalue weighted by Gasteiger charge is -2.11. The number of hydrogen-bond acceptors (Lipinski definition) is 9. The highest BCUT2D eigenvalue weighted by molar-refractivity contribution is 7.99. The van der Waals surface area contributed by atoms with Gasteiger partial charge in [-0.25, -0.2) is 4.98 Å². The zero-order chi connectivity index (χ0) is 19.3. The Bertz CT molecular complexity index is 731. The number of nitrogens with zero attached hydrogens (tertiary/aromatic N) is 3. The molecule has 0 amide bonds. The van der Waals surface area contributed by atoms with Gasteiger partial charge in [-0.3, -0.25) is 15.1 Å². The average Bonchev–Trinajstić information content (AvgIpc) is 3.15. The number of pyridine rings is 1. The van der Waals surface area contributed by atoms with E-state index in [4.69, 9.17) is 16.0 Å². The maximum Gasteiger partial charge on any atom is 0.274 e. The van der Waals surface area contributed by atoms with Crippen molar-refractivity contribution in [2.75, 3.05) is 24.6 Å². The van der Waals surface area contributed by atoms with Gasteiger partial charge in [0, 0.05) is 36.5 Å². The summed E-state index contributed by atoms with van der Waals surface area (Å²) in [5.74, 6) is 2.67. The van der Waals surface area contributed by atoms with E-state index in [2.05, 4.69) is 20.6 Å². The molecule has 2 aromatic heterocycles. The Morgan fingerprint density at radius 3 is 2.89 bits per heavy atom. The number of halogens is 1. The summed E-state index contributed by atoms with van der Waals surface area (Å²) in [4.78, 5) is 18.5. The van der Waals surface area contributed by atoms with Crippen LogP contribution in [-0.2, 0) is 5.75 Å². The highest BCUT2D eigenvalue weighted by atomic mass is 35.5. The molecule has 0 aliphatic rings. The molecule has 2 N–H and O–H groups in total. The Hall–Kier alpha value is -1.91. The van der Waals surface area contributed by atoms with Crippen molar-refractivity contribution >= 4 is 35.1 Å². The molecule has 0 fully saturated rings. The van der Waals surface area contributed by atoms with Crippen molar-refractivity contribution in [2.24, 2.45) is 0 Å². The van der Waals surface area contributed by atoms with E-state index in [0.717, 1.165) is 29.8 Å². The van der Waals surface area contributed by atoms with Crippen molar-refractivity contribution in [1.82, 2.24) is 20.6 Å². The predicted molar refractivity (Wildman–Crippen MR) is 108 cm³/mol. The van der Waals surface area contributed by atoms with Crippen LogP contribution in [0.5, 0.6) is 0 Å². The van der Waals surface area contributed by atoms with Crippen molar-refractivity contribution in [3.8, 4) is 0 Å². The molecule has 2 heterocycles. The van der Waals surface area contributed by atoms with Gasteiger partial charge in [0.1, 0.15) is 6.26 Å². The Morgan fingerprint density at radius 1 is 1.30 bits per heavy atom. The minimum absolute atomic E-state index is 0.401. The van der Waals surface area contributed by atoms with E-state index in [0.29, 0.717) is 34.9 Å². The lowest BCUT2D eigenvalue weighted by Crippen LogP contribution is -2.29. The first-order chi connectivity index (χ1) is 13.1. The molecule has 0 saturated heterocycles. The normalized spacial score (nSPS) is 11.4. The Morgan fingerprint density at radius 2 is 2.15 bits per heavy atom. The number of nitrogens with one attached hydrogen (secondary N) is 2. The van der Waals surface area contributed by atoms with Crippen LogP contribution in [0.3, 0.4) is 0 Å². The van der Waals surface area contributed by atoms with Gasteiger partial charge in [-0.1, -0.05) is 23.4 Å². The van der Waals surface area contributed by atoms with Gasteiger partial charge in [-0.05, 0) is 18.6 Å². The number of thioether (sulfide) groups is 2. The molecule has 11 heteroatoms. The molecule has 0 radical (unpaired) electrons. The van der Waals surface area contributed by atoms with Gasteiger partial charge in [0.15, 0.2) is 5.82 Å². The van der Waals surface area contributed by atoms with E-state index in [-0.39, 0.29) is 0 Å². The van der Waals surface area contributed by atoms with Gasteiger partial charge in [0.2, 0.25) is 0 Å². The van der Waals surface area contributed by atoms with Gasteiger partial charge in [-0.2, -0.15) is 11.8 Å². The van der Waals surface area contributed by atoms with Crippen molar-refractivity contribution in [2.45, 2.75) is 17.4 Å². The number of oxazole rings is 1. The third-order valence-electron chi connectivity index (χ3n) is 3.14. The van der Waals surface area contributed by atoms with Crippen LogP contribution >= 0.6 is 35.1 Å². The molecule has 0 spiro atoms. The zero-order valence-corrected chi connectivity index (χ0v) is 16.9. The quantitative estimate of drug-likeness (QED) is 0.214. The van der Waals surface area contributed by atoms with Crippen LogP contribution in [0.2, 0.25) is 5.02 Å². The molecule has 146 valence electrons. The highest BCUT2D eigenvalue weighted by Gasteiger charge is 2.04. The molecule has 0 unspecified atom stereocenters. The number of nitro groups is 1.